The van der Waals surface area contributed by atoms with Crippen molar-refractivity contribution in [1.82, 2.24) is 0 Å². The summed E-state index contributed by atoms with van der Waals surface area (Å²) in [5.74, 6) is -0.837. The molecule has 0 unspecified atom stereocenters. The average Bonchev–Trinajstić information content (AvgIpc) is 3.47. The van der Waals surface area contributed by atoms with Crippen molar-refractivity contribution in [1.29, 1.82) is 0 Å². The standard InChI is InChI=1S/C29H22O4/c30-28(32-24-13-5-9-18-7-1-3-11-22(18)24)26-20-15-16-21(17-20)27(26)29(31)33-25-14-6-10-19-8-2-4-12-23(19)25/h1-16,20-21,26-27H,17H2/t20-,21+,26-,27-/m0/s1. The third-order valence-corrected chi connectivity index (χ3v) is 6.92. The lowest BCUT2D eigenvalue weighted by molar-refractivity contribution is -0.150. The largest absolute Gasteiger partial charge is 0.426 e. The van der Waals surface area contributed by atoms with Crippen LogP contribution in [0.25, 0.3) is 21.5 Å². The van der Waals surface area contributed by atoms with E-state index in [0.29, 0.717) is 11.5 Å². The van der Waals surface area contributed by atoms with Crippen molar-refractivity contribution in [2.45, 2.75) is 6.42 Å². The number of esters is 2. The minimum atomic E-state index is -0.554. The molecule has 4 nitrogen and oxygen atoms in total. The maximum atomic E-state index is 13.4. The number of benzene rings is 4. The van der Waals surface area contributed by atoms with E-state index in [9.17, 15) is 9.59 Å². The normalized spacial score (nSPS) is 23.2. The Kier molecular flexibility index (Phi) is 4.72. The van der Waals surface area contributed by atoms with Gasteiger partial charge in [0.2, 0.25) is 0 Å². The summed E-state index contributed by atoms with van der Waals surface area (Å²) in [6.07, 6.45) is 4.85. The van der Waals surface area contributed by atoms with Gasteiger partial charge in [0.05, 0.1) is 11.8 Å². The van der Waals surface area contributed by atoms with Crippen LogP contribution >= 0.6 is 0 Å². The van der Waals surface area contributed by atoms with Crippen molar-refractivity contribution < 1.29 is 19.1 Å². The first-order chi connectivity index (χ1) is 16.2. The maximum absolute atomic E-state index is 13.4. The maximum Gasteiger partial charge on any atom is 0.315 e. The number of fused-ring (bicyclic) bond motifs is 4. The number of ether oxygens (including phenoxy) is 2. The molecule has 162 valence electrons. The van der Waals surface area contributed by atoms with Crippen LogP contribution in [0.2, 0.25) is 0 Å². The van der Waals surface area contributed by atoms with E-state index in [0.717, 1.165) is 28.0 Å². The molecule has 4 aromatic rings. The molecular formula is C29H22O4. The summed E-state index contributed by atoms with van der Waals surface area (Å²) in [7, 11) is 0. The van der Waals surface area contributed by atoms with Crippen LogP contribution < -0.4 is 9.47 Å². The summed E-state index contributed by atoms with van der Waals surface area (Å²) in [5.41, 5.74) is 0. The minimum absolute atomic E-state index is 0.0115. The molecule has 4 atom stereocenters. The fraction of sp³-hybridized carbons (Fsp3) is 0.172. The number of carbonyl (C=O) groups excluding carboxylic acids is 2. The van der Waals surface area contributed by atoms with Crippen LogP contribution in [0, 0.1) is 23.7 Å². The topological polar surface area (TPSA) is 52.6 Å². The number of rotatable bonds is 4. The summed E-state index contributed by atoms with van der Waals surface area (Å²) in [6.45, 7) is 0. The van der Waals surface area contributed by atoms with Gasteiger partial charge in [0.1, 0.15) is 11.5 Å². The number of hydrogen-bond acceptors (Lipinski definition) is 4. The molecule has 0 amide bonds. The van der Waals surface area contributed by atoms with E-state index >= 15 is 0 Å². The highest BCUT2D eigenvalue weighted by Gasteiger charge is 2.53. The molecule has 2 aliphatic carbocycles. The Labute approximate surface area is 191 Å². The van der Waals surface area contributed by atoms with Crippen molar-refractivity contribution >= 4 is 33.5 Å². The summed E-state index contributed by atoms with van der Waals surface area (Å²) < 4.78 is 11.8. The molecule has 2 bridgehead atoms. The van der Waals surface area contributed by atoms with E-state index in [1.807, 2.05) is 84.9 Å². The average molecular weight is 434 g/mol. The van der Waals surface area contributed by atoms with Gasteiger partial charge in [0, 0.05) is 10.8 Å². The Morgan fingerprint density at radius 2 is 1.00 bits per heavy atom. The van der Waals surface area contributed by atoms with E-state index in [4.69, 9.17) is 9.47 Å². The molecule has 0 N–H and O–H groups in total. The van der Waals surface area contributed by atoms with Crippen LogP contribution in [0.1, 0.15) is 6.42 Å². The minimum Gasteiger partial charge on any atom is -0.426 e. The molecule has 4 aromatic carbocycles. The Balaban J connectivity index is 1.28. The molecule has 0 aromatic heterocycles. The van der Waals surface area contributed by atoms with Crippen LogP contribution in [-0.4, -0.2) is 11.9 Å². The Bertz CT molecular complexity index is 1300. The SMILES string of the molecule is O=C(Oc1cccc2ccccc12)[C@@H]1[C@@H](C(=O)Oc2cccc3ccccc23)[C@H]2C=C[C@@H]1C2. The van der Waals surface area contributed by atoms with Crippen LogP contribution in [0.3, 0.4) is 0 Å². The summed E-state index contributed by atoms with van der Waals surface area (Å²) >= 11 is 0. The second-order valence-corrected chi connectivity index (χ2v) is 8.80. The van der Waals surface area contributed by atoms with Crippen molar-refractivity contribution in [3.8, 4) is 11.5 Å². The van der Waals surface area contributed by atoms with E-state index in [2.05, 4.69) is 0 Å². The molecule has 4 heteroatoms. The number of hydrogen-bond donors (Lipinski definition) is 0. The molecule has 6 rings (SSSR count). The zero-order valence-electron chi connectivity index (χ0n) is 17.9. The lowest BCUT2D eigenvalue weighted by atomic mass is 9.83. The number of allylic oxidation sites excluding steroid dienone is 2. The molecule has 0 radical (unpaired) electrons. The summed E-state index contributed by atoms with van der Waals surface area (Å²) in [5, 5.41) is 3.76. The molecule has 1 saturated carbocycles. The van der Waals surface area contributed by atoms with Crippen molar-refractivity contribution in [3.63, 3.8) is 0 Å². The Morgan fingerprint density at radius 1 is 0.576 bits per heavy atom. The summed E-state index contributed by atoms with van der Waals surface area (Å²) in [4.78, 5) is 26.7. The Morgan fingerprint density at radius 3 is 1.48 bits per heavy atom. The lowest BCUT2D eigenvalue weighted by Crippen LogP contribution is -2.37. The fourth-order valence-corrected chi connectivity index (χ4v) is 5.39. The van der Waals surface area contributed by atoms with Crippen LogP contribution in [0.15, 0.2) is 97.1 Å². The molecular weight excluding hydrogens is 412 g/mol. The van der Waals surface area contributed by atoms with E-state index < -0.39 is 11.8 Å². The highest BCUT2D eigenvalue weighted by molar-refractivity contribution is 5.94. The highest BCUT2D eigenvalue weighted by Crippen LogP contribution is 2.49. The second-order valence-electron chi connectivity index (χ2n) is 8.80. The quantitative estimate of drug-likeness (QED) is 0.227. The summed E-state index contributed by atoms with van der Waals surface area (Å²) in [6, 6.07) is 26.9. The monoisotopic (exact) mass is 434 g/mol. The molecule has 1 fully saturated rings. The van der Waals surface area contributed by atoms with E-state index in [1.165, 1.54) is 0 Å². The number of carbonyl (C=O) groups is 2. The first-order valence-corrected chi connectivity index (χ1v) is 11.3. The fourth-order valence-electron chi connectivity index (χ4n) is 5.39. The lowest BCUT2D eigenvalue weighted by Gasteiger charge is -2.25. The van der Waals surface area contributed by atoms with Crippen LogP contribution in [-0.2, 0) is 9.59 Å². The molecule has 2 aliphatic rings. The predicted octanol–water partition coefficient (Wildman–Crippen LogP) is 5.94. The van der Waals surface area contributed by atoms with Gasteiger partial charge < -0.3 is 9.47 Å². The van der Waals surface area contributed by atoms with Crippen LogP contribution in [0.5, 0.6) is 11.5 Å². The molecule has 0 spiro atoms. The van der Waals surface area contributed by atoms with Gasteiger partial charge in [-0.05, 0) is 41.2 Å². The highest BCUT2D eigenvalue weighted by atomic mass is 16.5. The molecule has 33 heavy (non-hydrogen) atoms. The zero-order chi connectivity index (χ0) is 22.4. The molecule has 0 saturated heterocycles. The van der Waals surface area contributed by atoms with Gasteiger partial charge in [0.15, 0.2) is 0 Å². The second kappa shape index (κ2) is 7.89. The van der Waals surface area contributed by atoms with E-state index in [-0.39, 0.29) is 23.8 Å². The van der Waals surface area contributed by atoms with Gasteiger partial charge in [0.25, 0.3) is 0 Å². The van der Waals surface area contributed by atoms with Gasteiger partial charge in [-0.2, -0.15) is 0 Å². The third kappa shape index (κ3) is 3.39. The predicted molar refractivity (Wildman–Crippen MR) is 127 cm³/mol. The van der Waals surface area contributed by atoms with E-state index in [1.54, 1.807) is 12.1 Å². The molecule has 0 heterocycles. The van der Waals surface area contributed by atoms with Gasteiger partial charge in [-0.1, -0.05) is 84.9 Å². The third-order valence-electron chi connectivity index (χ3n) is 6.92. The smallest absolute Gasteiger partial charge is 0.315 e. The van der Waals surface area contributed by atoms with Gasteiger partial charge in [-0.3, -0.25) is 9.59 Å². The van der Waals surface area contributed by atoms with Gasteiger partial charge >= 0.3 is 11.9 Å². The first-order valence-electron chi connectivity index (χ1n) is 11.3. The molecule has 0 aliphatic heterocycles. The van der Waals surface area contributed by atoms with Gasteiger partial charge in [-0.15, -0.1) is 0 Å². The van der Waals surface area contributed by atoms with Crippen molar-refractivity contribution in [2.24, 2.45) is 23.7 Å². The van der Waals surface area contributed by atoms with Crippen molar-refractivity contribution in [2.75, 3.05) is 0 Å². The zero-order valence-corrected chi connectivity index (χ0v) is 17.9. The first kappa shape index (κ1) is 19.7. The van der Waals surface area contributed by atoms with Gasteiger partial charge in [-0.25, -0.2) is 0 Å². The van der Waals surface area contributed by atoms with Crippen LogP contribution in [0.4, 0.5) is 0 Å². The Hall–Kier alpha value is -3.92. The van der Waals surface area contributed by atoms with Crippen molar-refractivity contribution in [3.05, 3.63) is 97.1 Å².